The number of hydrogen-bond donors (Lipinski definition) is 2. The maximum Gasteiger partial charge on any atom is 0.0667 e. The number of aliphatic hydroxyl groups excluding tert-OH is 1. The van der Waals surface area contributed by atoms with Crippen molar-refractivity contribution in [1.82, 2.24) is 5.32 Å². The van der Waals surface area contributed by atoms with E-state index in [-0.39, 0.29) is 12.1 Å². The van der Waals surface area contributed by atoms with Crippen molar-refractivity contribution in [1.29, 1.82) is 0 Å². The normalized spacial score (nSPS) is 14.9. The van der Waals surface area contributed by atoms with Crippen LogP contribution in [-0.4, -0.2) is 17.8 Å². The first kappa shape index (κ1) is 14.2. The molecule has 1 aromatic carbocycles. The summed E-state index contributed by atoms with van der Waals surface area (Å²) in [4.78, 5) is 0. The van der Waals surface area contributed by atoms with Gasteiger partial charge in [0.15, 0.2) is 0 Å². The van der Waals surface area contributed by atoms with Gasteiger partial charge in [-0.25, -0.2) is 0 Å². The lowest BCUT2D eigenvalue weighted by Gasteiger charge is -2.18. The van der Waals surface area contributed by atoms with Gasteiger partial charge >= 0.3 is 0 Å². The Bertz CT molecular complexity index is 318. The molecule has 96 valence electrons. The van der Waals surface area contributed by atoms with Crippen molar-refractivity contribution in [2.45, 2.75) is 46.3 Å². The van der Waals surface area contributed by atoms with Gasteiger partial charge in [-0.05, 0) is 31.7 Å². The lowest BCUT2D eigenvalue weighted by Crippen LogP contribution is -2.29. The highest BCUT2D eigenvalue weighted by Gasteiger charge is 2.09. The van der Waals surface area contributed by atoms with Crippen LogP contribution in [0.15, 0.2) is 24.3 Å². The van der Waals surface area contributed by atoms with E-state index in [4.69, 9.17) is 0 Å². The van der Waals surface area contributed by atoms with Crippen LogP contribution in [0, 0.1) is 12.8 Å². The maximum absolute atomic E-state index is 9.80. The van der Waals surface area contributed by atoms with Crippen molar-refractivity contribution in [3.8, 4) is 0 Å². The number of hydrogen-bond acceptors (Lipinski definition) is 2. The fourth-order valence-corrected chi connectivity index (χ4v) is 1.91. The predicted octanol–water partition coefficient (Wildman–Crippen LogP) is 3.05. The van der Waals surface area contributed by atoms with Gasteiger partial charge in [0.25, 0.3) is 0 Å². The van der Waals surface area contributed by atoms with Gasteiger partial charge in [0, 0.05) is 12.6 Å². The third kappa shape index (κ3) is 5.33. The van der Waals surface area contributed by atoms with Gasteiger partial charge in [-0.1, -0.05) is 43.7 Å². The molecule has 0 aromatic heterocycles. The van der Waals surface area contributed by atoms with Crippen LogP contribution in [-0.2, 0) is 0 Å². The Labute approximate surface area is 105 Å². The summed E-state index contributed by atoms with van der Waals surface area (Å²) >= 11 is 0. The summed E-state index contributed by atoms with van der Waals surface area (Å²) in [5, 5.41) is 13.2. The molecule has 2 nitrogen and oxygen atoms in total. The molecule has 0 bridgehead atoms. The van der Waals surface area contributed by atoms with Crippen molar-refractivity contribution < 1.29 is 5.11 Å². The lowest BCUT2D eigenvalue weighted by molar-refractivity contribution is 0.143. The highest BCUT2D eigenvalue weighted by atomic mass is 16.3. The van der Waals surface area contributed by atoms with Gasteiger partial charge in [-0.15, -0.1) is 0 Å². The van der Waals surface area contributed by atoms with Crippen LogP contribution in [0.4, 0.5) is 0 Å². The van der Waals surface area contributed by atoms with Crippen molar-refractivity contribution in [3.63, 3.8) is 0 Å². The lowest BCUT2D eigenvalue weighted by atomic mass is 10.0. The zero-order valence-corrected chi connectivity index (χ0v) is 11.4. The topological polar surface area (TPSA) is 32.3 Å². The van der Waals surface area contributed by atoms with E-state index in [2.05, 4.69) is 57.3 Å². The first-order valence-corrected chi connectivity index (χ1v) is 6.47. The molecule has 0 saturated heterocycles. The van der Waals surface area contributed by atoms with Gasteiger partial charge in [-0.3, -0.25) is 0 Å². The zero-order chi connectivity index (χ0) is 12.8. The van der Waals surface area contributed by atoms with Crippen LogP contribution in [0.1, 0.15) is 44.4 Å². The summed E-state index contributed by atoms with van der Waals surface area (Å²) in [7, 11) is 0. The number of aliphatic hydroxyl groups is 1. The summed E-state index contributed by atoms with van der Waals surface area (Å²) in [6, 6.07) is 8.82. The Morgan fingerprint density at radius 2 is 1.71 bits per heavy atom. The highest BCUT2D eigenvalue weighted by Crippen LogP contribution is 2.13. The van der Waals surface area contributed by atoms with Crippen LogP contribution in [0.3, 0.4) is 0 Å². The summed E-state index contributed by atoms with van der Waals surface area (Å²) in [6.45, 7) is 9.15. The van der Waals surface area contributed by atoms with E-state index in [1.165, 1.54) is 11.1 Å². The quantitative estimate of drug-likeness (QED) is 0.794. The number of aryl methyl sites for hydroxylation is 1. The molecule has 0 amide bonds. The highest BCUT2D eigenvalue weighted by molar-refractivity contribution is 5.23. The first-order chi connectivity index (χ1) is 7.99. The van der Waals surface area contributed by atoms with Gasteiger partial charge in [-0.2, -0.15) is 0 Å². The number of rotatable bonds is 6. The Morgan fingerprint density at radius 3 is 2.24 bits per heavy atom. The molecule has 2 heteroatoms. The van der Waals surface area contributed by atoms with Crippen LogP contribution >= 0.6 is 0 Å². The minimum absolute atomic E-state index is 0.247. The summed E-state index contributed by atoms with van der Waals surface area (Å²) < 4.78 is 0. The van der Waals surface area contributed by atoms with Crippen LogP contribution in [0.2, 0.25) is 0 Å². The van der Waals surface area contributed by atoms with E-state index in [0.29, 0.717) is 12.5 Å². The van der Waals surface area contributed by atoms with Crippen molar-refractivity contribution in [3.05, 3.63) is 35.4 Å². The van der Waals surface area contributed by atoms with Crippen molar-refractivity contribution in [2.75, 3.05) is 6.54 Å². The monoisotopic (exact) mass is 235 g/mol. The molecule has 1 rings (SSSR count). The molecule has 2 N–H and O–H groups in total. The molecule has 0 radical (unpaired) electrons. The predicted molar refractivity (Wildman–Crippen MR) is 73.1 cm³/mol. The Hall–Kier alpha value is -0.860. The molecular formula is C15H25NO. The fraction of sp³-hybridized carbons (Fsp3) is 0.600. The third-order valence-electron chi connectivity index (χ3n) is 2.98. The standard InChI is InChI=1S/C15H25NO/c1-11(2)9-15(17)10-16-13(4)14-7-5-12(3)6-8-14/h5-8,11,13,15-17H,9-10H2,1-4H3. The van der Waals surface area contributed by atoms with Crippen molar-refractivity contribution >= 4 is 0 Å². The van der Waals surface area contributed by atoms with E-state index in [9.17, 15) is 5.11 Å². The summed E-state index contributed by atoms with van der Waals surface area (Å²) in [5.41, 5.74) is 2.55. The Balaban J connectivity index is 2.39. The fourth-order valence-electron chi connectivity index (χ4n) is 1.91. The first-order valence-electron chi connectivity index (χ1n) is 6.47. The van der Waals surface area contributed by atoms with E-state index in [0.717, 1.165) is 6.42 Å². The smallest absolute Gasteiger partial charge is 0.0667 e. The van der Waals surface area contributed by atoms with E-state index in [1.807, 2.05) is 0 Å². The second-order valence-electron chi connectivity index (χ2n) is 5.32. The maximum atomic E-state index is 9.80. The molecule has 0 aliphatic rings. The van der Waals surface area contributed by atoms with Gasteiger partial charge in [0.1, 0.15) is 0 Å². The molecule has 2 atom stereocenters. The minimum atomic E-state index is -0.247. The Morgan fingerprint density at radius 1 is 1.12 bits per heavy atom. The molecule has 17 heavy (non-hydrogen) atoms. The van der Waals surface area contributed by atoms with Gasteiger partial charge < -0.3 is 10.4 Å². The summed E-state index contributed by atoms with van der Waals surface area (Å²) in [5.74, 6) is 0.543. The molecule has 0 fully saturated rings. The molecule has 2 unspecified atom stereocenters. The zero-order valence-electron chi connectivity index (χ0n) is 11.4. The minimum Gasteiger partial charge on any atom is -0.392 e. The average Bonchev–Trinajstić information content (AvgIpc) is 2.26. The van der Waals surface area contributed by atoms with E-state index < -0.39 is 0 Å². The molecule has 0 heterocycles. The third-order valence-corrected chi connectivity index (χ3v) is 2.98. The number of benzene rings is 1. The second-order valence-corrected chi connectivity index (χ2v) is 5.32. The van der Waals surface area contributed by atoms with Crippen molar-refractivity contribution in [2.24, 2.45) is 5.92 Å². The average molecular weight is 235 g/mol. The Kier molecular flexibility index (Phi) is 5.66. The van der Waals surface area contributed by atoms with Crippen LogP contribution in [0.25, 0.3) is 0 Å². The second kappa shape index (κ2) is 6.77. The van der Waals surface area contributed by atoms with Crippen LogP contribution in [0.5, 0.6) is 0 Å². The molecule has 0 saturated carbocycles. The van der Waals surface area contributed by atoms with E-state index in [1.54, 1.807) is 0 Å². The molecular weight excluding hydrogens is 210 g/mol. The molecule has 0 aliphatic heterocycles. The van der Waals surface area contributed by atoms with Crippen LogP contribution < -0.4 is 5.32 Å². The molecule has 0 aliphatic carbocycles. The largest absolute Gasteiger partial charge is 0.392 e. The van der Waals surface area contributed by atoms with Gasteiger partial charge in [0.05, 0.1) is 6.10 Å². The van der Waals surface area contributed by atoms with Gasteiger partial charge in [0.2, 0.25) is 0 Å². The SMILES string of the molecule is Cc1ccc(C(C)NCC(O)CC(C)C)cc1. The molecule has 0 spiro atoms. The summed E-state index contributed by atoms with van der Waals surface area (Å²) in [6.07, 6.45) is 0.607. The number of nitrogens with one attached hydrogen (secondary N) is 1. The molecule has 1 aromatic rings. The van der Waals surface area contributed by atoms with E-state index >= 15 is 0 Å².